The molecule has 7 heteroatoms. The normalized spacial score (nSPS) is 11.2. The van der Waals surface area contributed by atoms with Crippen LogP contribution in [0, 0.1) is 0 Å². The van der Waals surface area contributed by atoms with E-state index in [2.05, 4.69) is 9.72 Å². The predicted octanol–water partition coefficient (Wildman–Crippen LogP) is 3.86. The minimum absolute atomic E-state index is 0.0375. The highest BCUT2D eigenvalue weighted by Gasteiger charge is 2.33. The monoisotopic (exact) mass is 301 g/mol. The van der Waals surface area contributed by atoms with Crippen LogP contribution >= 0.6 is 11.6 Å². The first kappa shape index (κ1) is 14.3. The SMILES string of the molecule is O=C(c1ccncc1)c1ccc(Cl)cc1OC(F)(F)F. The van der Waals surface area contributed by atoms with Gasteiger partial charge in [-0.3, -0.25) is 9.78 Å². The van der Waals surface area contributed by atoms with Gasteiger partial charge < -0.3 is 4.74 Å². The second kappa shape index (κ2) is 5.50. The molecular weight excluding hydrogens is 295 g/mol. The van der Waals surface area contributed by atoms with Crippen LogP contribution in [-0.4, -0.2) is 17.1 Å². The maximum Gasteiger partial charge on any atom is 0.573 e. The largest absolute Gasteiger partial charge is 0.573 e. The molecule has 3 nitrogen and oxygen atoms in total. The molecule has 2 rings (SSSR count). The van der Waals surface area contributed by atoms with Gasteiger partial charge in [-0.05, 0) is 30.3 Å². The molecule has 0 atom stereocenters. The van der Waals surface area contributed by atoms with Gasteiger partial charge in [-0.2, -0.15) is 0 Å². The average molecular weight is 302 g/mol. The number of alkyl halides is 3. The third-order valence-corrected chi connectivity index (χ3v) is 2.59. The summed E-state index contributed by atoms with van der Waals surface area (Å²) in [6.07, 6.45) is -2.17. The molecule has 0 spiro atoms. The second-order valence-electron chi connectivity index (χ2n) is 3.75. The van der Waals surface area contributed by atoms with Crippen LogP contribution in [0.2, 0.25) is 5.02 Å². The number of hydrogen-bond acceptors (Lipinski definition) is 3. The molecule has 1 aromatic carbocycles. The van der Waals surface area contributed by atoms with Crippen LogP contribution in [0.25, 0.3) is 0 Å². The Hall–Kier alpha value is -2.08. The highest BCUT2D eigenvalue weighted by Crippen LogP contribution is 2.30. The van der Waals surface area contributed by atoms with Gasteiger partial charge in [0.2, 0.25) is 0 Å². The average Bonchev–Trinajstić information content (AvgIpc) is 2.37. The lowest BCUT2D eigenvalue weighted by Crippen LogP contribution is -2.19. The molecule has 2 aromatic rings. The van der Waals surface area contributed by atoms with Crippen molar-refractivity contribution in [2.75, 3.05) is 0 Å². The number of nitrogens with zero attached hydrogens (tertiary/aromatic N) is 1. The molecule has 1 aromatic heterocycles. The van der Waals surface area contributed by atoms with Gasteiger partial charge in [0.05, 0.1) is 5.56 Å². The van der Waals surface area contributed by atoms with E-state index in [4.69, 9.17) is 11.6 Å². The van der Waals surface area contributed by atoms with Crippen molar-refractivity contribution in [1.29, 1.82) is 0 Å². The van der Waals surface area contributed by atoms with Crippen molar-refractivity contribution in [2.24, 2.45) is 0 Å². The number of benzene rings is 1. The van der Waals surface area contributed by atoms with Crippen LogP contribution in [0.4, 0.5) is 13.2 Å². The molecule has 0 amide bonds. The molecule has 0 N–H and O–H groups in total. The number of aromatic nitrogens is 1. The standard InChI is InChI=1S/C13H7ClF3NO2/c14-9-1-2-10(11(7-9)20-13(15,16)17)12(19)8-3-5-18-6-4-8/h1-7H. The summed E-state index contributed by atoms with van der Waals surface area (Å²) in [5.41, 5.74) is -0.0210. The van der Waals surface area contributed by atoms with E-state index >= 15 is 0 Å². The van der Waals surface area contributed by atoms with Crippen LogP contribution in [-0.2, 0) is 0 Å². The summed E-state index contributed by atoms with van der Waals surface area (Å²) in [6.45, 7) is 0. The number of hydrogen-bond donors (Lipinski definition) is 0. The van der Waals surface area contributed by atoms with Gasteiger partial charge in [-0.25, -0.2) is 0 Å². The molecule has 1 heterocycles. The fraction of sp³-hybridized carbons (Fsp3) is 0.0769. The van der Waals surface area contributed by atoms with Crippen LogP contribution in [0.15, 0.2) is 42.7 Å². The zero-order valence-electron chi connectivity index (χ0n) is 9.82. The number of rotatable bonds is 3. The Morgan fingerprint density at radius 1 is 1.15 bits per heavy atom. The molecule has 0 aliphatic rings. The molecule has 0 aliphatic heterocycles. The fourth-order valence-electron chi connectivity index (χ4n) is 1.55. The molecule has 0 saturated carbocycles. The summed E-state index contributed by atoms with van der Waals surface area (Å²) >= 11 is 5.63. The summed E-state index contributed by atoms with van der Waals surface area (Å²) in [6, 6.07) is 6.25. The van der Waals surface area contributed by atoms with Gasteiger partial charge in [0.25, 0.3) is 0 Å². The smallest absolute Gasteiger partial charge is 0.405 e. The minimum atomic E-state index is -4.90. The number of carbonyl (C=O) groups excluding carboxylic acids is 1. The molecule has 20 heavy (non-hydrogen) atoms. The maximum absolute atomic E-state index is 12.3. The van der Waals surface area contributed by atoms with E-state index in [1.165, 1.54) is 36.7 Å². The first-order chi connectivity index (χ1) is 9.37. The van der Waals surface area contributed by atoms with E-state index in [9.17, 15) is 18.0 Å². The molecule has 0 bridgehead atoms. The quantitative estimate of drug-likeness (QED) is 0.808. The Morgan fingerprint density at radius 3 is 2.40 bits per heavy atom. The van der Waals surface area contributed by atoms with E-state index in [0.717, 1.165) is 6.07 Å². The third-order valence-electron chi connectivity index (χ3n) is 2.36. The third kappa shape index (κ3) is 3.48. The number of halogens is 4. The zero-order valence-corrected chi connectivity index (χ0v) is 10.6. The summed E-state index contributed by atoms with van der Waals surface area (Å²) < 4.78 is 40.8. The predicted molar refractivity (Wildman–Crippen MR) is 65.8 cm³/mol. The van der Waals surface area contributed by atoms with Gasteiger partial charge in [0.15, 0.2) is 5.78 Å². The Balaban J connectivity index is 2.43. The van der Waals surface area contributed by atoms with Gasteiger partial charge in [-0.1, -0.05) is 11.6 Å². The Labute approximate surface area is 117 Å². The molecule has 0 radical (unpaired) electrons. The Bertz CT molecular complexity index is 629. The summed E-state index contributed by atoms with van der Waals surface area (Å²) in [5, 5.41) is 0.0375. The number of carbonyl (C=O) groups is 1. The van der Waals surface area contributed by atoms with Gasteiger partial charge in [0, 0.05) is 23.0 Å². The Kier molecular flexibility index (Phi) is 3.94. The zero-order chi connectivity index (χ0) is 14.8. The summed E-state index contributed by atoms with van der Waals surface area (Å²) in [4.78, 5) is 15.9. The van der Waals surface area contributed by atoms with Crippen molar-refractivity contribution in [3.8, 4) is 5.75 Å². The number of ketones is 1. The molecule has 0 aliphatic carbocycles. The fourth-order valence-corrected chi connectivity index (χ4v) is 1.71. The lowest BCUT2D eigenvalue weighted by Gasteiger charge is -2.13. The van der Waals surface area contributed by atoms with Crippen molar-refractivity contribution in [3.63, 3.8) is 0 Å². The summed E-state index contributed by atoms with van der Waals surface area (Å²) in [7, 11) is 0. The van der Waals surface area contributed by atoms with E-state index in [-0.39, 0.29) is 16.1 Å². The number of pyridine rings is 1. The molecule has 0 fully saturated rings. The maximum atomic E-state index is 12.3. The summed E-state index contributed by atoms with van der Waals surface area (Å²) in [5.74, 6) is -1.24. The highest BCUT2D eigenvalue weighted by molar-refractivity contribution is 6.31. The van der Waals surface area contributed by atoms with Crippen molar-refractivity contribution in [2.45, 2.75) is 6.36 Å². The second-order valence-corrected chi connectivity index (χ2v) is 4.19. The highest BCUT2D eigenvalue weighted by atomic mass is 35.5. The van der Waals surface area contributed by atoms with E-state index in [0.29, 0.717) is 0 Å². The van der Waals surface area contributed by atoms with Crippen LogP contribution < -0.4 is 4.74 Å². The minimum Gasteiger partial charge on any atom is -0.405 e. The van der Waals surface area contributed by atoms with Crippen LogP contribution in [0.5, 0.6) is 5.75 Å². The topological polar surface area (TPSA) is 39.2 Å². The first-order valence-electron chi connectivity index (χ1n) is 5.37. The van der Waals surface area contributed by atoms with E-state index in [1.807, 2.05) is 0 Å². The molecule has 104 valence electrons. The first-order valence-corrected chi connectivity index (χ1v) is 5.74. The van der Waals surface area contributed by atoms with Crippen molar-refractivity contribution < 1.29 is 22.7 Å². The van der Waals surface area contributed by atoms with Crippen LogP contribution in [0.1, 0.15) is 15.9 Å². The Morgan fingerprint density at radius 2 is 1.80 bits per heavy atom. The van der Waals surface area contributed by atoms with Crippen molar-refractivity contribution >= 4 is 17.4 Å². The molecular formula is C13H7ClF3NO2. The number of ether oxygens (including phenoxy) is 1. The van der Waals surface area contributed by atoms with Crippen molar-refractivity contribution in [1.82, 2.24) is 4.98 Å². The van der Waals surface area contributed by atoms with E-state index in [1.54, 1.807) is 0 Å². The van der Waals surface area contributed by atoms with E-state index < -0.39 is 17.9 Å². The lowest BCUT2D eigenvalue weighted by atomic mass is 10.0. The molecule has 0 saturated heterocycles. The van der Waals surface area contributed by atoms with Crippen molar-refractivity contribution in [3.05, 3.63) is 58.9 Å². The lowest BCUT2D eigenvalue weighted by molar-refractivity contribution is -0.274. The van der Waals surface area contributed by atoms with Gasteiger partial charge in [0.1, 0.15) is 5.75 Å². The van der Waals surface area contributed by atoms with Crippen LogP contribution in [0.3, 0.4) is 0 Å². The molecule has 0 unspecified atom stereocenters. The van der Waals surface area contributed by atoms with Gasteiger partial charge in [-0.15, -0.1) is 13.2 Å². The van der Waals surface area contributed by atoms with Gasteiger partial charge >= 0.3 is 6.36 Å².